The molecule has 2 rings (SSSR count). The average Bonchev–Trinajstić information content (AvgIpc) is 2.30. The third-order valence-electron chi connectivity index (χ3n) is 3.54. The molecule has 1 atom stereocenters. The minimum Gasteiger partial charge on any atom is -0.300 e. The highest BCUT2D eigenvalue weighted by Crippen LogP contribution is 2.25. The highest BCUT2D eigenvalue weighted by molar-refractivity contribution is 5.79. The van der Waals surface area contributed by atoms with Crippen LogP contribution in [0.25, 0.3) is 0 Å². The number of ketones is 1. The van der Waals surface area contributed by atoms with Gasteiger partial charge in [-0.1, -0.05) is 24.3 Å². The molecule has 0 spiro atoms. The van der Waals surface area contributed by atoms with Crippen LogP contribution in [0.4, 0.5) is 0 Å². The van der Waals surface area contributed by atoms with Gasteiger partial charge in [0.25, 0.3) is 0 Å². The van der Waals surface area contributed by atoms with Gasteiger partial charge in [-0.25, -0.2) is 0 Å². The summed E-state index contributed by atoms with van der Waals surface area (Å²) in [4.78, 5) is 13.6. The summed E-state index contributed by atoms with van der Waals surface area (Å²) in [7, 11) is 0. The molecule has 1 unspecified atom stereocenters. The molecule has 0 bridgehead atoms. The van der Waals surface area contributed by atoms with E-state index >= 15 is 0 Å². The number of aryl methyl sites for hydroxylation is 1. The maximum Gasteiger partial charge on any atom is 0.135 e. The van der Waals surface area contributed by atoms with Crippen molar-refractivity contribution in [3.63, 3.8) is 0 Å². The number of hydrogen-bond donors (Lipinski definition) is 0. The van der Waals surface area contributed by atoms with Crippen molar-refractivity contribution >= 4 is 5.78 Å². The Bertz CT molecular complexity index is 376. The van der Waals surface area contributed by atoms with Crippen LogP contribution in [0.1, 0.15) is 36.9 Å². The summed E-state index contributed by atoms with van der Waals surface area (Å²) in [6.07, 6.45) is 1.44. The van der Waals surface area contributed by atoms with Gasteiger partial charge in [0.1, 0.15) is 5.78 Å². The van der Waals surface area contributed by atoms with Gasteiger partial charge in [-0.05, 0) is 25.0 Å². The van der Waals surface area contributed by atoms with E-state index in [0.29, 0.717) is 11.8 Å². The first-order chi connectivity index (χ1) is 7.68. The first-order valence-electron chi connectivity index (χ1n) is 6.00. The van der Waals surface area contributed by atoms with Crippen molar-refractivity contribution < 1.29 is 4.79 Å². The van der Waals surface area contributed by atoms with Crippen molar-refractivity contribution in [1.82, 2.24) is 4.90 Å². The third-order valence-corrected chi connectivity index (χ3v) is 3.54. The molecule has 0 aliphatic carbocycles. The smallest absolute Gasteiger partial charge is 0.135 e. The highest BCUT2D eigenvalue weighted by Gasteiger charge is 2.22. The van der Waals surface area contributed by atoms with Crippen molar-refractivity contribution in [2.45, 2.75) is 32.7 Å². The van der Waals surface area contributed by atoms with E-state index < -0.39 is 0 Å². The Kier molecular flexibility index (Phi) is 3.39. The van der Waals surface area contributed by atoms with E-state index in [4.69, 9.17) is 0 Å². The van der Waals surface area contributed by atoms with Crippen LogP contribution in [-0.2, 0) is 4.79 Å². The van der Waals surface area contributed by atoms with Gasteiger partial charge < -0.3 is 0 Å². The minimum absolute atomic E-state index is 0.410. The summed E-state index contributed by atoms with van der Waals surface area (Å²) in [5.41, 5.74) is 2.73. The molecular weight excluding hydrogens is 198 g/mol. The Labute approximate surface area is 97.3 Å². The molecule has 0 saturated carbocycles. The number of likely N-dealkylation sites (tertiary alicyclic amines) is 1. The number of nitrogens with zero attached hydrogens (tertiary/aromatic N) is 1. The lowest BCUT2D eigenvalue weighted by Gasteiger charge is -2.32. The molecule has 0 aromatic heterocycles. The van der Waals surface area contributed by atoms with Crippen molar-refractivity contribution in [2.75, 3.05) is 13.1 Å². The first-order valence-corrected chi connectivity index (χ1v) is 6.00. The number of piperidine rings is 1. The van der Waals surface area contributed by atoms with Crippen LogP contribution in [0.5, 0.6) is 0 Å². The second-order valence-electron chi connectivity index (χ2n) is 4.61. The molecular formula is C14H19NO. The number of carbonyl (C=O) groups is 1. The molecule has 2 heteroatoms. The predicted molar refractivity (Wildman–Crippen MR) is 65.4 cm³/mol. The van der Waals surface area contributed by atoms with Crippen LogP contribution >= 0.6 is 0 Å². The fraction of sp³-hybridized carbons (Fsp3) is 0.500. The molecule has 2 nitrogen and oxygen atoms in total. The van der Waals surface area contributed by atoms with Gasteiger partial charge in [0.05, 0.1) is 0 Å². The van der Waals surface area contributed by atoms with Crippen molar-refractivity contribution in [3.05, 3.63) is 35.4 Å². The summed E-state index contributed by atoms with van der Waals surface area (Å²) in [5.74, 6) is 0.410. The largest absolute Gasteiger partial charge is 0.300 e. The first kappa shape index (κ1) is 11.3. The van der Waals surface area contributed by atoms with Crippen molar-refractivity contribution in [1.29, 1.82) is 0 Å². The van der Waals surface area contributed by atoms with Crippen LogP contribution in [0.3, 0.4) is 0 Å². The fourth-order valence-electron chi connectivity index (χ4n) is 2.41. The fourth-order valence-corrected chi connectivity index (χ4v) is 2.41. The van der Waals surface area contributed by atoms with E-state index in [1.54, 1.807) is 0 Å². The monoisotopic (exact) mass is 217 g/mol. The van der Waals surface area contributed by atoms with Gasteiger partial charge in [-0.15, -0.1) is 0 Å². The van der Waals surface area contributed by atoms with Crippen LogP contribution in [0.2, 0.25) is 0 Å². The Balaban J connectivity index is 2.10. The lowest BCUT2D eigenvalue weighted by molar-refractivity contribution is -0.121. The average molecular weight is 217 g/mol. The van der Waals surface area contributed by atoms with E-state index in [2.05, 4.69) is 43.0 Å². The van der Waals surface area contributed by atoms with Crippen LogP contribution in [-0.4, -0.2) is 23.8 Å². The molecule has 86 valence electrons. The third kappa shape index (κ3) is 2.33. The Morgan fingerprint density at radius 1 is 1.19 bits per heavy atom. The van der Waals surface area contributed by atoms with Gasteiger partial charge in [0, 0.05) is 32.0 Å². The van der Waals surface area contributed by atoms with Crippen LogP contribution in [0, 0.1) is 6.92 Å². The standard InChI is InChI=1S/C14H19NO/c1-11-5-3-4-6-14(11)12(2)15-9-7-13(16)8-10-15/h3-6,12H,7-10H2,1-2H3. The van der Waals surface area contributed by atoms with Crippen LogP contribution in [0.15, 0.2) is 24.3 Å². The molecule has 0 radical (unpaired) electrons. The topological polar surface area (TPSA) is 20.3 Å². The second-order valence-corrected chi connectivity index (χ2v) is 4.61. The SMILES string of the molecule is Cc1ccccc1C(C)N1CCC(=O)CC1. The van der Waals surface area contributed by atoms with Crippen molar-refractivity contribution in [2.24, 2.45) is 0 Å². The van der Waals surface area contributed by atoms with Gasteiger partial charge in [0.15, 0.2) is 0 Å². The molecule has 1 saturated heterocycles. The summed E-state index contributed by atoms with van der Waals surface area (Å²) >= 11 is 0. The molecule has 16 heavy (non-hydrogen) atoms. The molecule has 1 fully saturated rings. The number of benzene rings is 1. The number of hydrogen-bond acceptors (Lipinski definition) is 2. The van der Waals surface area contributed by atoms with Gasteiger partial charge in [0.2, 0.25) is 0 Å². The molecule has 1 aliphatic heterocycles. The Morgan fingerprint density at radius 3 is 2.44 bits per heavy atom. The zero-order valence-electron chi connectivity index (χ0n) is 10.1. The summed E-state index contributed by atoms with van der Waals surface area (Å²) in [6, 6.07) is 8.94. The normalized spacial score (nSPS) is 19.8. The van der Waals surface area contributed by atoms with E-state index in [1.165, 1.54) is 11.1 Å². The quantitative estimate of drug-likeness (QED) is 0.759. The second kappa shape index (κ2) is 4.79. The number of Topliss-reactive ketones (excluding diaryl/α,β-unsaturated/α-hetero) is 1. The van der Waals surface area contributed by atoms with Gasteiger partial charge in [-0.3, -0.25) is 9.69 Å². The zero-order chi connectivity index (χ0) is 11.5. The lowest BCUT2D eigenvalue weighted by Crippen LogP contribution is -2.36. The number of rotatable bonds is 2. The predicted octanol–water partition coefficient (Wildman–Crippen LogP) is 2.72. The molecule has 0 amide bonds. The summed E-state index contributed by atoms with van der Waals surface area (Å²) in [6.45, 7) is 6.21. The van der Waals surface area contributed by atoms with E-state index in [-0.39, 0.29) is 0 Å². The van der Waals surface area contributed by atoms with Gasteiger partial charge in [-0.2, -0.15) is 0 Å². The van der Waals surface area contributed by atoms with Gasteiger partial charge >= 0.3 is 0 Å². The molecule has 1 aliphatic rings. The maximum atomic E-state index is 11.2. The van der Waals surface area contributed by atoms with E-state index in [0.717, 1.165) is 25.9 Å². The maximum absolute atomic E-state index is 11.2. The van der Waals surface area contributed by atoms with E-state index in [1.807, 2.05) is 0 Å². The molecule has 1 heterocycles. The molecule has 1 aromatic rings. The lowest BCUT2D eigenvalue weighted by atomic mass is 9.99. The van der Waals surface area contributed by atoms with Crippen molar-refractivity contribution in [3.8, 4) is 0 Å². The summed E-state index contributed by atoms with van der Waals surface area (Å²) in [5, 5.41) is 0. The molecule has 0 N–H and O–H groups in total. The Morgan fingerprint density at radius 2 is 1.81 bits per heavy atom. The Hall–Kier alpha value is -1.15. The summed E-state index contributed by atoms with van der Waals surface area (Å²) < 4.78 is 0. The highest BCUT2D eigenvalue weighted by atomic mass is 16.1. The van der Waals surface area contributed by atoms with E-state index in [9.17, 15) is 4.79 Å². The number of carbonyl (C=O) groups excluding carboxylic acids is 1. The zero-order valence-corrected chi connectivity index (χ0v) is 10.1. The molecule has 1 aromatic carbocycles. The van der Waals surface area contributed by atoms with Crippen LogP contribution < -0.4 is 0 Å². The minimum atomic E-state index is 0.410.